The van der Waals surface area contributed by atoms with Gasteiger partial charge in [0.25, 0.3) is 0 Å². The highest BCUT2D eigenvalue weighted by molar-refractivity contribution is 5.30. The zero-order valence-electron chi connectivity index (χ0n) is 14.7. The Morgan fingerprint density at radius 3 is 1.80 bits per heavy atom. The lowest BCUT2D eigenvalue weighted by atomic mass is 9.91. The van der Waals surface area contributed by atoms with Gasteiger partial charge in [0.1, 0.15) is 0 Å². The highest BCUT2D eigenvalue weighted by Gasteiger charge is 2.06. The molecule has 1 aliphatic rings. The van der Waals surface area contributed by atoms with Gasteiger partial charge in [-0.3, -0.25) is 0 Å². The van der Waals surface area contributed by atoms with Gasteiger partial charge in [-0.05, 0) is 56.1 Å². The first kappa shape index (κ1) is 19.0. The summed E-state index contributed by atoms with van der Waals surface area (Å²) in [5, 5.41) is 0. The van der Waals surface area contributed by atoms with Crippen LogP contribution in [0.3, 0.4) is 0 Å². The normalized spacial score (nSPS) is 20.4. The maximum absolute atomic E-state index is 2.33. The molecular weight excluding hydrogens is 240 g/mol. The van der Waals surface area contributed by atoms with Crippen molar-refractivity contribution in [2.24, 2.45) is 11.8 Å². The van der Waals surface area contributed by atoms with Crippen LogP contribution in [0.2, 0.25) is 0 Å². The zero-order chi connectivity index (χ0) is 15.5. The summed E-state index contributed by atoms with van der Waals surface area (Å²) in [6, 6.07) is 6.61. The van der Waals surface area contributed by atoms with E-state index < -0.39 is 0 Å². The number of hydrogen-bond acceptors (Lipinski definition) is 0. The average Bonchev–Trinajstić information content (AvgIpc) is 2.47. The molecule has 2 rings (SSSR count). The molecule has 0 amide bonds. The Balaban J connectivity index is 0.000000327. The molecule has 1 aliphatic carbocycles. The minimum atomic E-state index is 0.839. The largest absolute Gasteiger partial charge is 0.0854 e. The fourth-order valence-corrected chi connectivity index (χ4v) is 2.28. The van der Waals surface area contributed by atoms with E-state index in [4.69, 9.17) is 0 Å². The van der Waals surface area contributed by atoms with E-state index in [1.165, 1.54) is 29.5 Å². The standard InChI is InChI=1S/C10H14.C8H14.C2H6/c1-4-10-7-8(2)5-6-9(10)3;1-7-3-5-8(2)6-4-7;1-2/h5-7H,4H2,1-3H3;3,5,7-8H,4,6H2,1-2H3;1-2H3. The van der Waals surface area contributed by atoms with Crippen LogP contribution in [0.4, 0.5) is 0 Å². The van der Waals surface area contributed by atoms with Crippen molar-refractivity contribution >= 4 is 0 Å². The molecule has 2 unspecified atom stereocenters. The van der Waals surface area contributed by atoms with Gasteiger partial charge in [0, 0.05) is 0 Å². The molecule has 0 spiro atoms. The Labute approximate surface area is 127 Å². The summed E-state index contributed by atoms with van der Waals surface area (Å²) in [7, 11) is 0. The maximum Gasteiger partial charge on any atom is -0.0262 e. The predicted molar refractivity (Wildman–Crippen MR) is 93.3 cm³/mol. The van der Waals surface area contributed by atoms with Gasteiger partial charge in [-0.25, -0.2) is 0 Å². The summed E-state index contributed by atoms with van der Waals surface area (Å²) >= 11 is 0. The van der Waals surface area contributed by atoms with E-state index in [2.05, 4.69) is 65.0 Å². The van der Waals surface area contributed by atoms with E-state index in [1.807, 2.05) is 13.8 Å². The molecule has 0 bridgehead atoms. The number of benzene rings is 1. The molecule has 0 nitrogen and oxygen atoms in total. The smallest absolute Gasteiger partial charge is 0.0262 e. The molecule has 1 aromatic carbocycles. The lowest BCUT2D eigenvalue weighted by Gasteiger charge is -2.15. The van der Waals surface area contributed by atoms with E-state index in [-0.39, 0.29) is 0 Å². The van der Waals surface area contributed by atoms with Gasteiger partial charge in [-0.2, -0.15) is 0 Å². The predicted octanol–water partition coefficient (Wildman–Crippen LogP) is 6.50. The molecular formula is C20H34. The SMILES string of the molecule is CC.CC1C=CC(C)CC1.CCc1cc(C)ccc1C. The fourth-order valence-electron chi connectivity index (χ4n) is 2.28. The second kappa shape index (κ2) is 10.7. The number of hydrogen-bond donors (Lipinski definition) is 0. The topological polar surface area (TPSA) is 0 Å². The van der Waals surface area contributed by atoms with E-state index in [0.29, 0.717) is 0 Å². The molecule has 0 radical (unpaired) electrons. The summed E-state index contributed by atoms with van der Waals surface area (Å²) in [6.45, 7) is 15.1. The van der Waals surface area contributed by atoms with E-state index in [0.717, 1.165) is 18.3 Å². The molecule has 0 aromatic heterocycles. The molecule has 0 saturated carbocycles. The highest BCUT2D eigenvalue weighted by atomic mass is 14.1. The van der Waals surface area contributed by atoms with Gasteiger partial charge in [0.15, 0.2) is 0 Å². The molecule has 2 atom stereocenters. The second-order valence-corrected chi connectivity index (χ2v) is 5.70. The highest BCUT2D eigenvalue weighted by Crippen LogP contribution is 2.20. The molecule has 1 aromatic rings. The summed E-state index contributed by atoms with van der Waals surface area (Å²) in [4.78, 5) is 0. The maximum atomic E-state index is 2.33. The van der Waals surface area contributed by atoms with E-state index in [9.17, 15) is 0 Å². The molecule has 0 fully saturated rings. The summed E-state index contributed by atoms with van der Waals surface area (Å²) in [5.74, 6) is 1.68. The molecule has 0 heteroatoms. The first-order valence-electron chi connectivity index (χ1n) is 8.27. The summed E-state index contributed by atoms with van der Waals surface area (Å²) < 4.78 is 0. The van der Waals surface area contributed by atoms with E-state index in [1.54, 1.807) is 0 Å². The summed E-state index contributed by atoms with van der Waals surface area (Å²) in [6.07, 6.45) is 8.57. The summed E-state index contributed by atoms with van der Waals surface area (Å²) in [5.41, 5.74) is 4.25. The van der Waals surface area contributed by atoms with Gasteiger partial charge < -0.3 is 0 Å². The quantitative estimate of drug-likeness (QED) is 0.513. The third kappa shape index (κ3) is 7.53. The number of allylic oxidation sites excluding steroid dienone is 2. The Morgan fingerprint density at radius 1 is 0.950 bits per heavy atom. The van der Waals surface area contributed by atoms with Crippen LogP contribution >= 0.6 is 0 Å². The second-order valence-electron chi connectivity index (χ2n) is 5.70. The van der Waals surface area contributed by atoms with Gasteiger partial charge >= 0.3 is 0 Å². The third-order valence-electron chi connectivity index (χ3n) is 3.73. The molecule has 0 saturated heterocycles. The van der Waals surface area contributed by atoms with Crippen molar-refractivity contribution in [3.8, 4) is 0 Å². The molecule has 0 N–H and O–H groups in total. The van der Waals surface area contributed by atoms with E-state index >= 15 is 0 Å². The minimum Gasteiger partial charge on any atom is -0.0854 e. The van der Waals surface area contributed by atoms with Crippen LogP contribution in [-0.2, 0) is 6.42 Å². The molecule has 114 valence electrons. The van der Waals surface area contributed by atoms with Gasteiger partial charge in [0.05, 0.1) is 0 Å². The Bertz CT molecular complexity index is 375. The lowest BCUT2D eigenvalue weighted by molar-refractivity contribution is 0.502. The fraction of sp³-hybridized carbons (Fsp3) is 0.600. The Kier molecular flexibility index (Phi) is 10.2. The number of aryl methyl sites for hydroxylation is 3. The van der Waals surface area contributed by atoms with Crippen molar-refractivity contribution in [3.05, 3.63) is 47.0 Å². The number of rotatable bonds is 1. The Hall–Kier alpha value is -1.04. The van der Waals surface area contributed by atoms with Crippen molar-refractivity contribution in [1.82, 2.24) is 0 Å². The van der Waals surface area contributed by atoms with Crippen molar-refractivity contribution in [2.45, 2.75) is 67.7 Å². The van der Waals surface area contributed by atoms with Crippen LogP contribution < -0.4 is 0 Å². The van der Waals surface area contributed by atoms with Crippen LogP contribution in [0, 0.1) is 25.7 Å². The van der Waals surface area contributed by atoms with Crippen molar-refractivity contribution in [3.63, 3.8) is 0 Å². The first-order chi connectivity index (χ1) is 9.52. The zero-order valence-corrected chi connectivity index (χ0v) is 14.7. The van der Waals surface area contributed by atoms with Crippen molar-refractivity contribution in [2.75, 3.05) is 0 Å². The average molecular weight is 274 g/mol. The van der Waals surface area contributed by atoms with Gasteiger partial charge in [-0.1, -0.05) is 70.5 Å². The van der Waals surface area contributed by atoms with Crippen LogP contribution in [0.15, 0.2) is 30.4 Å². The van der Waals surface area contributed by atoms with Crippen molar-refractivity contribution < 1.29 is 0 Å². The van der Waals surface area contributed by atoms with Gasteiger partial charge in [-0.15, -0.1) is 0 Å². The Morgan fingerprint density at radius 2 is 1.45 bits per heavy atom. The minimum absolute atomic E-state index is 0.839. The third-order valence-corrected chi connectivity index (χ3v) is 3.73. The van der Waals surface area contributed by atoms with Crippen LogP contribution in [0.25, 0.3) is 0 Å². The molecule has 20 heavy (non-hydrogen) atoms. The van der Waals surface area contributed by atoms with Crippen molar-refractivity contribution in [1.29, 1.82) is 0 Å². The van der Waals surface area contributed by atoms with Crippen LogP contribution in [0.5, 0.6) is 0 Å². The monoisotopic (exact) mass is 274 g/mol. The van der Waals surface area contributed by atoms with Gasteiger partial charge in [0.2, 0.25) is 0 Å². The molecule has 0 aliphatic heterocycles. The lowest BCUT2D eigenvalue weighted by Crippen LogP contribution is -2.01. The molecule has 0 heterocycles. The van der Waals surface area contributed by atoms with Crippen LogP contribution in [-0.4, -0.2) is 0 Å². The first-order valence-corrected chi connectivity index (χ1v) is 8.27. The van der Waals surface area contributed by atoms with Crippen LogP contribution in [0.1, 0.15) is 64.2 Å².